The molecule has 1 aromatic heterocycles. The number of hydrogen-bond acceptors (Lipinski definition) is 7. The lowest BCUT2D eigenvalue weighted by Gasteiger charge is -2.28. The fourth-order valence-electron chi connectivity index (χ4n) is 5.38. The summed E-state index contributed by atoms with van der Waals surface area (Å²) >= 11 is 0. The van der Waals surface area contributed by atoms with E-state index in [1.54, 1.807) is 46.0 Å². The Labute approximate surface area is 250 Å². The summed E-state index contributed by atoms with van der Waals surface area (Å²) in [6.45, 7) is 2.61. The average Bonchev–Trinajstić information content (AvgIpc) is 3.57. The van der Waals surface area contributed by atoms with Gasteiger partial charge in [-0.3, -0.25) is 19.2 Å². The first-order valence-electron chi connectivity index (χ1n) is 14.2. The van der Waals surface area contributed by atoms with Gasteiger partial charge in [-0.1, -0.05) is 54.6 Å². The highest BCUT2D eigenvalue weighted by molar-refractivity contribution is 6.07. The maximum atomic E-state index is 14.0. The maximum Gasteiger partial charge on any atom is 0.264 e. The Morgan fingerprint density at radius 2 is 1.86 bits per heavy atom. The van der Waals surface area contributed by atoms with Crippen molar-refractivity contribution in [1.29, 1.82) is 0 Å². The third-order valence-electron chi connectivity index (χ3n) is 7.71. The van der Waals surface area contributed by atoms with E-state index in [9.17, 15) is 14.7 Å². The predicted molar refractivity (Wildman–Crippen MR) is 163 cm³/mol. The van der Waals surface area contributed by atoms with Crippen LogP contribution in [0.2, 0.25) is 0 Å². The first-order valence-corrected chi connectivity index (χ1v) is 14.2. The molecular formula is C33H35N5O5. The van der Waals surface area contributed by atoms with Gasteiger partial charge in [-0.25, -0.2) is 0 Å². The van der Waals surface area contributed by atoms with Gasteiger partial charge in [0, 0.05) is 48.6 Å². The molecule has 2 heterocycles. The van der Waals surface area contributed by atoms with Crippen molar-refractivity contribution in [3.8, 4) is 5.75 Å². The third-order valence-corrected chi connectivity index (χ3v) is 7.71. The monoisotopic (exact) mass is 581 g/mol. The number of fused-ring (bicyclic) bond motifs is 1. The smallest absolute Gasteiger partial charge is 0.264 e. The van der Waals surface area contributed by atoms with Crippen molar-refractivity contribution >= 4 is 29.4 Å². The fraction of sp³-hybridized carbons (Fsp3) is 0.273. The molecule has 1 aliphatic heterocycles. The molecule has 10 nitrogen and oxygen atoms in total. The number of aliphatic hydroxyl groups excluding tert-OH is 1. The van der Waals surface area contributed by atoms with Crippen LogP contribution in [0.25, 0.3) is 0 Å². The molecule has 2 N–H and O–H groups in total. The van der Waals surface area contributed by atoms with Gasteiger partial charge in [0.05, 0.1) is 25.0 Å². The number of amides is 2. The van der Waals surface area contributed by atoms with E-state index >= 15 is 0 Å². The van der Waals surface area contributed by atoms with E-state index < -0.39 is 17.4 Å². The number of allylic oxidation sites excluding steroid dienone is 1. The second-order valence-corrected chi connectivity index (χ2v) is 10.5. The van der Waals surface area contributed by atoms with Crippen LogP contribution in [0, 0.1) is 5.92 Å². The van der Waals surface area contributed by atoms with Crippen molar-refractivity contribution < 1.29 is 24.5 Å². The van der Waals surface area contributed by atoms with Crippen molar-refractivity contribution in [2.45, 2.75) is 38.5 Å². The van der Waals surface area contributed by atoms with E-state index in [4.69, 9.17) is 9.84 Å². The lowest BCUT2D eigenvalue weighted by molar-refractivity contribution is -0.139. The summed E-state index contributed by atoms with van der Waals surface area (Å²) in [7, 11) is 1.55. The lowest BCUT2D eigenvalue weighted by atomic mass is 9.83. The molecule has 3 aromatic carbocycles. The molecule has 0 saturated heterocycles. The molecule has 0 spiro atoms. The van der Waals surface area contributed by atoms with Crippen LogP contribution in [-0.2, 0) is 34.7 Å². The van der Waals surface area contributed by atoms with Crippen LogP contribution in [0.1, 0.15) is 30.2 Å². The van der Waals surface area contributed by atoms with E-state index in [-0.39, 0.29) is 13.2 Å². The quantitative estimate of drug-likeness (QED) is 0.180. The molecule has 43 heavy (non-hydrogen) atoms. The highest BCUT2D eigenvalue weighted by Gasteiger charge is 2.52. The van der Waals surface area contributed by atoms with Crippen LogP contribution in [0.15, 0.2) is 91.1 Å². The molecule has 5 rings (SSSR count). The molecule has 0 aliphatic carbocycles. The minimum absolute atomic E-state index is 0.0162. The van der Waals surface area contributed by atoms with Crippen LogP contribution in [0.5, 0.6) is 5.75 Å². The summed E-state index contributed by atoms with van der Waals surface area (Å²) in [5.74, 6) is -0.440. The molecule has 2 amide bonds. The lowest BCUT2D eigenvalue weighted by Crippen LogP contribution is -2.44. The molecule has 2 atom stereocenters. The number of nitrogens with zero attached hydrogens (tertiary/aromatic N) is 5. The summed E-state index contributed by atoms with van der Waals surface area (Å²) in [4.78, 5) is 29.2. The number of benzene rings is 3. The second kappa shape index (κ2) is 13.0. The van der Waals surface area contributed by atoms with Crippen molar-refractivity contribution in [3.63, 3.8) is 0 Å². The zero-order valence-electron chi connectivity index (χ0n) is 24.2. The Kier molecular flexibility index (Phi) is 8.98. The van der Waals surface area contributed by atoms with Crippen LogP contribution >= 0.6 is 0 Å². The van der Waals surface area contributed by atoms with E-state index in [0.717, 1.165) is 23.4 Å². The number of aliphatic hydroxyl groups is 2. The highest BCUT2D eigenvalue weighted by atomic mass is 16.5. The molecular weight excluding hydrogens is 546 g/mol. The van der Waals surface area contributed by atoms with Gasteiger partial charge in [0.1, 0.15) is 5.75 Å². The SMILES string of the molecule is COc1ccc2c(c1)[C@@](O)([C@H](C)/C=C/CCn1cc(CCO)nn1)C(=O)N2Cc1cccc(N(C=O)c2ccccc2)c1. The fourth-order valence-corrected chi connectivity index (χ4v) is 5.38. The molecule has 0 saturated carbocycles. The van der Waals surface area contributed by atoms with Gasteiger partial charge in [0.2, 0.25) is 6.41 Å². The van der Waals surface area contributed by atoms with Gasteiger partial charge in [-0.15, -0.1) is 5.10 Å². The zero-order chi connectivity index (χ0) is 30.4. The number of rotatable bonds is 13. The van der Waals surface area contributed by atoms with Crippen molar-refractivity contribution in [2.24, 2.45) is 5.92 Å². The van der Waals surface area contributed by atoms with Gasteiger partial charge in [-0.05, 0) is 54.4 Å². The standard InChI is InChI=1S/C33H35N5O5/c1-24(9-6-7-17-36-22-26(16-18-39)34-35-36)33(42)30-20-29(43-2)14-15-31(30)37(32(33)41)21-25-10-8-13-28(19-25)38(23-40)27-11-4-3-5-12-27/h3-6,8-15,19-20,22-24,39,42H,7,16-18,21H2,1-2H3/b9-6+/t24-,33+/m1/s1. The Balaban J connectivity index is 1.38. The van der Waals surface area contributed by atoms with Gasteiger partial charge < -0.3 is 19.8 Å². The molecule has 10 heteroatoms. The van der Waals surface area contributed by atoms with E-state index in [1.807, 2.05) is 73.7 Å². The molecule has 0 bridgehead atoms. The first-order chi connectivity index (χ1) is 20.9. The Bertz CT molecular complexity index is 1600. The predicted octanol–water partition coefficient (Wildman–Crippen LogP) is 4.13. The molecule has 222 valence electrons. The second-order valence-electron chi connectivity index (χ2n) is 10.5. The Morgan fingerprint density at radius 3 is 2.60 bits per heavy atom. The number of aromatic nitrogens is 3. The largest absolute Gasteiger partial charge is 0.497 e. The van der Waals surface area contributed by atoms with Crippen LogP contribution in [0.3, 0.4) is 0 Å². The number of ether oxygens (including phenoxy) is 1. The topological polar surface area (TPSA) is 121 Å². The zero-order valence-corrected chi connectivity index (χ0v) is 24.2. The van der Waals surface area contributed by atoms with Gasteiger partial charge in [0.15, 0.2) is 5.60 Å². The van der Waals surface area contributed by atoms with Gasteiger partial charge >= 0.3 is 0 Å². The highest BCUT2D eigenvalue weighted by Crippen LogP contribution is 2.47. The minimum Gasteiger partial charge on any atom is -0.497 e. The van der Waals surface area contributed by atoms with Crippen LogP contribution in [-0.4, -0.2) is 51.2 Å². The molecule has 1 aliphatic rings. The number of carbonyl (C=O) groups excluding carboxylic acids is 2. The molecule has 4 aromatic rings. The maximum absolute atomic E-state index is 14.0. The third kappa shape index (κ3) is 6.06. The van der Waals surface area contributed by atoms with Crippen molar-refractivity contribution in [3.05, 3.63) is 108 Å². The number of methoxy groups -OCH3 is 1. The Hall–Kier alpha value is -4.80. The molecule has 0 radical (unpaired) electrons. The number of aryl methyl sites for hydroxylation is 1. The summed E-state index contributed by atoms with van der Waals surface area (Å²) < 4.78 is 7.14. The number of anilines is 3. The average molecular weight is 582 g/mol. The van der Waals surface area contributed by atoms with Crippen LogP contribution < -0.4 is 14.5 Å². The van der Waals surface area contributed by atoms with Gasteiger partial charge in [-0.2, -0.15) is 0 Å². The summed E-state index contributed by atoms with van der Waals surface area (Å²) in [6.07, 6.45) is 7.40. The summed E-state index contributed by atoms with van der Waals surface area (Å²) in [5.41, 5.74) is 2.20. The van der Waals surface area contributed by atoms with Gasteiger partial charge in [0.25, 0.3) is 5.91 Å². The van der Waals surface area contributed by atoms with Crippen molar-refractivity contribution in [1.82, 2.24) is 15.0 Å². The van der Waals surface area contributed by atoms with Crippen LogP contribution in [0.4, 0.5) is 17.1 Å². The molecule has 0 unspecified atom stereocenters. The number of para-hydroxylation sites is 1. The number of carbonyl (C=O) groups is 2. The minimum atomic E-state index is -1.81. The normalized spacial score (nSPS) is 16.8. The summed E-state index contributed by atoms with van der Waals surface area (Å²) in [6, 6.07) is 22.1. The van der Waals surface area contributed by atoms with E-state index in [1.165, 1.54) is 0 Å². The van der Waals surface area contributed by atoms with Crippen molar-refractivity contribution in [2.75, 3.05) is 23.5 Å². The first kappa shape index (κ1) is 29.7. The van der Waals surface area contributed by atoms with E-state index in [0.29, 0.717) is 42.1 Å². The van der Waals surface area contributed by atoms with E-state index in [2.05, 4.69) is 10.3 Å². The number of hydrogen-bond donors (Lipinski definition) is 2. The molecule has 0 fully saturated rings. The summed E-state index contributed by atoms with van der Waals surface area (Å²) in [5, 5.41) is 29.2. The Morgan fingerprint density at radius 1 is 1.07 bits per heavy atom.